The van der Waals surface area contributed by atoms with Gasteiger partial charge in [0.05, 0.1) is 13.2 Å². The van der Waals surface area contributed by atoms with Gasteiger partial charge in [-0.1, -0.05) is 38.8 Å². The molecule has 0 bridgehead atoms. The maximum absolute atomic E-state index is 11.5. The van der Waals surface area contributed by atoms with Crippen molar-refractivity contribution in [3.05, 3.63) is 24.3 Å². The first-order valence-corrected chi connectivity index (χ1v) is 14.0. The second-order valence-electron chi connectivity index (χ2n) is 11.6. The van der Waals surface area contributed by atoms with E-state index in [1.807, 2.05) is 0 Å². The van der Waals surface area contributed by atoms with Gasteiger partial charge in [-0.15, -0.1) is 0 Å². The van der Waals surface area contributed by atoms with E-state index in [0.29, 0.717) is 24.4 Å². The fourth-order valence-corrected chi connectivity index (χ4v) is 6.87. The number of carbonyl (C=O) groups is 2. The van der Waals surface area contributed by atoms with Gasteiger partial charge in [-0.2, -0.15) is 0 Å². The van der Waals surface area contributed by atoms with Gasteiger partial charge in [0.1, 0.15) is 0 Å². The molecular formula is C30H48O4. The third kappa shape index (κ3) is 8.27. The van der Waals surface area contributed by atoms with Crippen molar-refractivity contribution >= 4 is 11.9 Å². The molecule has 0 N–H and O–H groups in total. The number of rotatable bonds is 10. The van der Waals surface area contributed by atoms with Crippen LogP contribution in [0.5, 0.6) is 0 Å². The van der Waals surface area contributed by atoms with E-state index in [1.54, 1.807) is 13.8 Å². The normalized spacial score (nSPS) is 31.9. The Bertz CT molecular complexity index is 627. The Morgan fingerprint density at radius 3 is 1.09 bits per heavy atom. The molecule has 3 rings (SSSR count). The summed E-state index contributed by atoms with van der Waals surface area (Å²) in [5, 5.41) is 0. The maximum Gasteiger partial charge on any atom is 0.333 e. The van der Waals surface area contributed by atoms with Crippen LogP contribution in [0.25, 0.3) is 0 Å². The molecule has 0 unspecified atom stereocenters. The minimum Gasteiger partial charge on any atom is -0.462 e. The Morgan fingerprint density at radius 1 is 0.559 bits per heavy atom. The first-order chi connectivity index (χ1) is 16.3. The first-order valence-electron chi connectivity index (χ1n) is 14.0. The van der Waals surface area contributed by atoms with Crippen molar-refractivity contribution in [2.45, 2.75) is 104 Å². The molecule has 0 aromatic heterocycles. The van der Waals surface area contributed by atoms with E-state index in [2.05, 4.69) is 13.2 Å². The molecule has 0 aromatic rings. The van der Waals surface area contributed by atoms with Crippen molar-refractivity contribution in [3.8, 4) is 0 Å². The molecule has 0 spiro atoms. The first kappa shape index (κ1) is 27.0. The summed E-state index contributed by atoms with van der Waals surface area (Å²) in [5.41, 5.74) is 0.989. The zero-order chi connectivity index (χ0) is 24.5. The lowest BCUT2D eigenvalue weighted by Crippen LogP contribution is -2.30. The fraction of sp³-hybridized carbons (Fsp3) is 0.800. The second-order valence-corrected chi connectivity index (χ2v) is 11.6. The summed E-state index contributed by atoms with van der Waals surface area (Å²) in [5.74, 6) is 4.69. The van der Waals surface area contributed by atoms with E-state index >= 15 is 0 Å². The van der Waals surface area contributed by atoms with Crippen molar-refractivity contribution in [1.29, 1.82) is 0 Å². The average Bonchev–Trinajstić information content (AvgIpc) is 2.85. The van der Waals surface area contributed by atoms with Crippen molar-refractivity contribution in [3.63, 3.8) is 0 Å². The maximum atomic E-state index is 11.5. The highest BCUT2D eigenvalue weighted by molar-refractivity contribution is 5.87. The summed E-state index contributed by atoms with van der Waals surface area (Å²) >= 11 is 0. The standard InChI is InChI=1S/C30H48O4/c1-21(2)29(31)33-19-17-23-5-9-25(10-6-23)27-13-15-28(16-14-27)26-11-7-24(8-12-26)18-20-34-30(32)22(3)4/h23-28H,1,3,5-20H2,2,4H3. The molecule has 4 heteroatoms. The number of hydrogen-bond acceptors (Lipinski definition) is 4. The van der Waals surface area contributed by atoms with Gasteiger partial charge in [-0.25, -0.2) is 9.59 Å². The molecule has 3 aliphatic rings. The summed E-state index contributed by atoms with van der Waals surface area (Å²) in [6.45, 7) is 11.8. The van der Waals surface area contributed by atoms with E-state index in [9.17, 15) is 9.59 Å². The van der Waals surface area contributed by atoms with Crippen LogP contribution in [-0.4, -0.2) is 25.2 Å². The molecule has 0 saturated heterocycles. The van der Waals surface area contributed by atoms with E-state index in [4.69, 9.17) is 9.47 Å². The molecule has 4 nitrogen and oxygen atoms in total. The molecule has 0 amide bonds. The van der Waals surface area contributed by atoms with Gasteiger partial charge in [-0.05, 0) is 114 Å². The Morgan fingerprint density at radius 2 is 0.824 bits per heavy atom. The van der Waals surface area contributed by atoms with Crippen LogP contribution in [-0.2, 0) is 19.1 Å². The predicted octanol–water partition coefficient (Wildman–Crippen LogP) is 7.42. The van der Waals surface area contributed by atoms with Gasteiger partial charge in [0.25, 0.3) is 0 Å². The van der Waals surface area contributed by atoms with Crippen molar-refractivity contribution in [1.82, 2.24) is 0 Å². The third-order valence-electron chi connectivity index (χ3n) is 9.15. The van der Waals surface area contributed by atoms with Crippen LogP contribution in [0, 0.1) is 35.5 Å². The minimum absolute atomic E-state index is 0.247. The summed E-state index contributed by atoms with van der Waals surface area (Å²) in [6.07, 6.45) is 18.5. The second kappa shape index (κ2) is 13.5. The molecule has 3 saturated carbocycles. The smallest absolute Gasteiger partial charge is 0.333 e. The monoisotopic (exact) mass is 472 g/mol. The highest BCUT2D eigenvalue weighted by atomic mass is 16.5. The van der Waals surface area contributed by atoms with Gasteiger partial charge < -0.3 is 9.47 Å². The topological polar surface area (TPSA) is 52.6 Å². The number of hydrogen-bond donors (Lipinski definition) is 0. The van der Waals surface area contributed by atoms with Crippen LogP contribution in [0.2, 0.25) is 0 Å². The Kier molecular flexibility index (Phi) is 10.7. The SMILES string of the molecule is C=C(C)C(=O)OCCC1CCC(C2CCC(C3CCC(CCOC(=O)C(=C)C)CC3)CC2)CC1. The molecular weight excluding hydrogens is 424 g/mol. The van der Waals surface area contributed by atoms with Crippen LogP contribution in [0.4, 0.5) is 0 Å². The Balaban J connectivity index is 1.27. The van der Waals surface area contributed by atoms with Crippen molar-refractivity contribution < 1.29 is 19.1 Å². The largest absolute Gasteiger partial charge is 0.462 e. The summed E-state index contributed by atoms with van der Waals surface area (Å²) < 4.78 is 10.6. The summed E-state index contributed by atoms with van der Waals surface area (Å²) in [7, 11) is 0. The lowest BCUT2D eigenvalue weighted by molar-refractivity contribution is -0.140. The summed E-state index contributed by atoms with van der Waals surface area (Å²) in [6, 6.07) is 0. The van der Waals surface area contributed by atoms with Crippen LogP contribution in [0.3, 0.4) is 0 Å². The quantitative estimate of drug-likeness (QED) is 0.245. The molecule has 0 aliphatic heterocycles. The predicted molar refractivity (Wildman–Crippen MR) is 137 cm³/mol. The lowest BCUT2D eigenvalue weighted by atomic mass is 9.65. The fourth-order valence-electron chi connectivity index (χ4n) is 6.87. The zero-order valence-electron chi connectivity index (χ0n) is 21.8. The lowest BCUT2D eigenvalue weighted by Gasteiger charge is -2.41. The van der Waals surface area contributed by atoms with Gasteiger partial charge in [0.15, 0.2) is 0 Å². The van der Waals surface area contributed by atoms with E-state index < -0.39 is 0 Å². The number of carbonyl (C=O) groups excluding carboxylic acids is 2. The van der Waals surface area contributed by atoms with Gasteiger partial charge >= 0.3 is 11.9 Å². The van der Waals surface area contributed by atoms with E-state index in [-0.39, 0.29) is 11.9 Å². The summed E-state index contributed by atoms with van der Waals surface area (Å²) in [4.78, 5) is 23.1. The van der Waals surface area contributed by atoms with Crippen LogP contribution in [0.1, 0.15) is 104 Å². The van der Waals surface area contributed by atoms with Crippen molar-refractivity contribution in [2.24, 2.45) is 35.5 Å². The molecule has 0 radical (unpaired) electrons. The zero-order valence-corrected chi connectivity index (χ0v) is 21.8. The minimum atomic E-state index is -0.247. The third-order valence-corrected chi connectivity index (χ3v) is 9.15. The van der Waals surface area contributed by atoms with Crippen LogP contribution < -0.4 is 0 Å². The van der Waals surface area contributed by atoms with Crippen molar-refractivity contribution in [2.75, 3.05) is 13.2 Å². The van der Waals surface area contributed by atoms with Crippen LogP contribution >= 0.6 is 0 Å². The average molecular weight is 473 g/mol. The molecule has 3 fully saturated rings. The highest BCUT2D eigenvalue weighted by Crippen LogP contribution is 2.46. The van der Waals surface area contributed by atoms with E-state index in [1.165, 1.54) is 77.0 Å². The Labute approximate surface area is 207 Å². The van der Waals surface area contributed by atoms with Gasteiger partial charge in [-0.3, -0.25) is 0 Å². The van der Waals surface area contributed by atoms with Gasteiger partial charge in [0.2, 0.25) is 0 Å². The van der Waals surface area contributed by atoms with E-state index in [0.717, 1.165) is 48.3 Å². The highest BCUT2D eigenvalue weighted by Gasteiger charge is 2.34. The Hall–Kier alpha value is -1.58. The number of ether oxygens (including phenoxy) is 2. The molecule has 0 aromatic carbocycles. The molecule has 192 valence electrons. The molecule has 0 atom stereocenters. The molecule has 34 heavy (non-hydrogen) atoms. The molecule has 3 aliphatic carbocycles. The number of esters is 2. The van der Waals surface area contributed by atoms with Crippen LogP contribution in [0.15, 0.2) is 24.3 Å². The molecule has 0 heterocycles. The van der Waals surface area contributed by atoms with Gasteiger partial charge in [0, 0.05) is 11.1 Å².